The van der Waals surface area contributed by atoms with Gasteiger partial charge in [-0.1, -0.05) is 48.5 Å². The summed E-state index contributed by atoms with van der Waals surface area (Å²) in [6.45, 7) is 2.81. The molecule has 0 radical (unpaired) electrons. The lowest BCUT2D eigenvalue weighted by Crippen LogP contribution is -2.45. The molecule has 0 spiro atoms. The maximum absolute atomic E-state index is 12.6. The monoisotopic (exact) mass is 480 g/mol. The molecule has 2 aliphatic rings. The van der Waals surface area contributed by atoms with Crippen LogP contribution in [0.1, 0.15) is 49.7 Å². The summed E-state index contributed by atoms with van der Waals surface area (Å²) < 4.78 is 11.2. The third-order valence-electron chi connectivity index (χ3n) is 6.74. The summed E-state index contributed by atoms with van der Waals surface area (Å²) in [5.41, 5.74) is 4.65. The Morgan fingerprint density at radius 2 is 1.74 bits per heavy atom. The minimum Gasteiger partial charge on any atom is -0.481 e. The summed E-state index contributed by atoms with van der Waals surface area (Å²) in [6, 6.07) is 16.2. The van der Waals surface area contributed by atoms with E-state index in [9.17, 15) is 14.4 Å². The molecule has 186 valence electrons. The van der Waals surface area contributed by atoms with Crippen molar-refractivity contribution in [1.82, 2.24) is 10.6 Å². The zero-order valence-corrected chi connectivity index (χ0v) is 19.9. The van der Waals surface area contributed by atoms with Gasteiger partial charge < -0.3 is 25.2 Å². The second-order valence-electron chi connectivity index (χ2n) is 9.24. The normalized spacial score (nSPS) is 19.5. The number of nitrogens with one attached hydrogen (secondary N) is 2. The van der Waals surface area contributed by atoms with E-state index in [1.807, 2.05) is 31.2 Å². The maximum Gasteiger partial charge on any atom is 0.407 e. The number of carbonyl (C=O) groups is 3. The third kappa shape index (κ3) is 6.00. The molecule has 3 atom stereocenters. The highest BCUT2D eigenvalue weighted by Crippen LogP contribution is 2.44. The molecule has 2 aromatic rings. The van der Waals surface area contributed by atoms with Crippen LogP contribution in [0.25, 0.3) is 11.1 Å². The zero-order valence-electron chi connectivity index (χ0n) is 19.9. The van der Waals surface area contributed by atoms with Gasteiger partial charge in [-0.15, -0.1) is 0 Å². The summed E-state index contributed by atoms with van der Waals surface area (Å²) in [6.07, 6.45) is 0.649. The van der Waals surface area contributed by atoms with Crippen molar-refractivity contribution in [3.63, 3.8) is 0 Å². The third-order valence-corrected chi connectivity index (χ3v) is 6.74. The Hall–Kier alpha value is -3.39. The molecule has 0 bridgehead atoms. The average Bonchev–Trinajstić information content (AvgIpc) is 3.44. The molecule has 35 heavy (non-hydrogen) atoms. The number of carboxylic acid groups (broad SMARTS) is 1. The van der Waals surface area contributed by atoms with Gasteiger partial charge in [0.25, 0.3) is 0 Å². The van der Waals surface area contributed by atoms with Crippen LogP contribution in [-0.4, -0.2) is 55.0 Å². The lowest BCUT2D eigenvalue weighted by atomic mass is 9.98. The number of ether oxygens (including phenoxy) is 2. The van der Waals surface area contributed by atoms with Crippen molar-refractivity contribution < 1.29 is 29.0 Å². The minimum atomic E-state index is -0.845. The van der Waals surface area contributed by atoms with Gasteiger partial charge in [-0.25, -0.2) is 4.79 Å². The quantitative estimate of drug-likeness (QED) is 0.478. The Labute approximate surface area is 205 Å². The van der Waals surface area contributed by atoms with Gasteiger partial charge in [0.2, 0.25) is 5.91 Å². The fourth-order valence-corrected chi connectivity index (χ4v) is 4.95. The highest BCUT2D eigenvalue weighted by Gasteiger charge is 2.35. The van der Waals surface area contributed by atoms with Gasteiger partial charge in [-0.3, -0.25) is 9.59 Å². The summed E-state index contributed by atoms with van der Waals surface area (Å²) in [5.74, 6) is -1.24. The largest absolute Gasteiger partial charge is 0.481 e. The van der Waals surface area contributed by atoms with Crippen molar-refractivity contribution in [3.8, 4) is 11.1 Å². The van der Waals surface area contributed by atoms with Gasteiger partial charge in [0.15, 0.2) is 0 Å². The smallest absolute Gasteiger partial charge is 0.407 e. The topological polar surface area (TPSA) is 114 Å². The first-order valence-electron chi connectivity index (χ1n) is 12.2. The molecule has 2 aromatic carbocycles. The highest BCUT2D eigenvalue weighted by molar-refractivity contribution is 5.82. The number of benzene rings is 2. The SMILES string of the molecule is CC(CCCC(=O)O)NC(=O)[C@@H]1OCC[C@@H]1CNC(=O)OCC1c2ccccc2-c2ccccc21. The van der Waals surface area contributed by atoms with Crippen molar-refractivity contribution in [2.75, 3.05) is 19.8 Å². The molecule has 0 aromatic heterocycles. The highest BCUT2D eigenvalue weighted by atomic mass is 16.5. The molecule has 1 unspecified atom stereocenters. The Morgan fingerprint density at radius 1 is 1.09 bits per heavy atom. The average molecular weight is 481 g/mol. The maximum atomic E-state index is 12.6. The van der Waals surface area contributed by atoms with Crippen LogP contribution < -0.4 is 10.6 Å². The minimum absolute atomic E-state index is 0.0101. The summed E-state index contributed by atoms with van der Waals surface area (Å²) in [5, 5.41) is 14.4. The number of carbonyl (C=O) groups excluding carboxylic acids is 2. The first-order valence-corrected chi connectivity index (χ1v) is 12.2. The molecule has 2 amide bonds. The molecule has 1 aliphatic heterocycles. The molecule has 1 fully saturated rings. The second kappa shape index (κ2) is 11.4. The van der Waals surface area contributed by atoms with Crippen molar-refractivity contribution in [3.05, 3.63) is 59.7 Å². The standard InChI is InChI=1S/C27H32N2O6/c1-17(7-6-12-24(30)31)29-26(32)25-18(13-14-34-25)15-28-27(33)35-16-23-21-10-4-2-8-19(21)20-9-3-5-11-22(20)23/h2-5,8-11,17-18,23,25H,6-7,12-16H2,1H3,(H,28,33)(H,29,32)(H,30,31)/t17?,18-,25-/m1/s1. The lowest BCUT2D eigenvalue weighted by Gasteiger charge is -2.21. The summed E-state index contributed by atoms with van der Waals surface area (Å²) in [7, 11) is 0. The fraction of sp³-hybridized carbons (Fsp3) is 0.444. The van der Waals surface area contributed by atoms with Crippen molar-refractivity contribution in [1.29, 1.82) is 0 Å². The fourth-order valence-electron chi connectivity index (χ4n) is 4.95. The van der Waals surface area contributed by atoms with E-state index in [4.69, 9.17) is 14.6 Å². The molecule has 0 saturated carbocycles. The van der Waals surface area contributed by atoms with E-state index in [-0.39, 0.29) is 43.4 Å². The molecule has 8 heteroatoms. The Kier molecular flexibility index (Phi) is 8.02. The number of fused-ring (bicyclic) bond motifs is 3. The van der Waals surface area contributed by atoms with Gasteiger partial charge >= 0.3 is 12.1 Å². The van der Waals surface area contributed by atoms with Gasteiger partial charge in [0.05, 0.1) is 0 Å². The predicted molar refractivity (Wildman–Crippen MR) is 130 cm³/mol. The van der Waals surface area contributed by atoms with Crippen molar-refractivity contribution >= 4 is 18.0 Å². The Morgan fingerprint density at radius 3 is 2.40 bits per heavy atom. The number of alkyl carbamates (subject to hydrolysis) is 1. The van der Waals surface area contributed by atoms with Crippen LogP contribution in [0, 0.1) is 5.92 Å². The molecule has 1 heterocycles. The number of amides is 2. The van der Waals surface area contributed by atoms with E-state index in [1.54, 1.807) is 0 Å². The number of aliphatic carboxylic acids is 1. The first kappa shape index (κ1) is 24.7. The van der Waals surface area contributed by atoms with Crippen LogP contribution in [0.2, 0.25) is 0 Å². The summed E-state index contributed by atoms with van der Waals surface area (Å²) in [4.78, 5) is 35.8. The van der Waals surface area contributed by atoms with Crippen LogP contribution in [0.15, 0.2) is 48.5 Å². The number of hydrogen-bond donors (Lipinski definition) is 3. The molecule has 3 N–H and O–H groups in total. The van der Waals surface area contributed by atoms with Crippen LogP contribution >= 0.6 is 0 Å². The van der Waals surface area contributed by atoms with E-state index >= 15 is 0 Å². The second-order valence-corrected chi connectivity index (χ2v) is 9.24. The van der Waals surface area contributed by atoms with E-state index in [0.29, 0.717) is 25.9 Å². The van der Waals surface area contributed by atoms with Gasteiger partial charge in [0.1, 0.15) is 12.7 Å². The van der Waals surface area contributed by atoms with E-state index in [0.717, 1.165) is 11.1 Å². The predicted octanol–water partition coefficient (Wildman–Crippen LogP) is 3.69. The molecule has 1 aliphatic carbocycles. The number of rotatable bonds is 10. The molecular formula is C27H32N2O6. The van der Waals surface area contributed by atoms with Crippen LogP contribution in [0.3, 0.4) is 0 Å². The van der Waals surface area contributed by atoms with Crippen LogP contribution in [-0.2, 0) is 19.1 Å². The first-order chi connectivity index (χ1) is 16.9. The molecule has 4 rings (SSSR count). The van der Waals surface area contributed by atoms with Crippen LogP contribution in [0.5, 0.6) is 0 Å². The Bertz CT molecular complexity index is 1030. The lowest BCUT2D eigenvalue weighted by molar-refractivity contribution is -0.137. The van der Waals surface area contributed by atoms with Gasteiger partial charge in [-0.05, 0) is 48.4 Å². The van der Waals surface area contributed by atoms with Gasteiger partial charge in [0, 0.05) is 37.5 Å². The van der Waals surface area contributed by atoms with Crippen molar-refractivity contribution in [2.24, 2.45) is 5.92 Å². The molecular weight excluding hydrogens is 448 g/mol. The van der Waals surface area contributed by atoms with E-state index in [2.05, 4.69) is 34.9 Å². The number of carboxylic acids is 1. The van der Waals surface area contributed by atoms with Crippen molar-refractivity contribution in [2.45, 2.75) is 50.7 Å². The van der Waals surface area contributed by atoms with E-state index in [1.165, 1.54) is 11.1 Å². The van der Waals surface area contributed by atoms with E-state index < -0.39 is 18.2 Å². The Balaban J connectivity index is 1.25. The molecule has 1 saturated heterocycles. The molecule has 8 nitrogen and oxygen atoms in total. The summed E-state index contributed by atoms with van der Waals surface area (Å²) >= 11 is 0. The number of hydrogen-bond acceptors (Lipinski definition) is 5. The zero-order chi connectivity index (χ0) is 24.8. The van der Waals surface area contributed by atoms with Gasteiger partial charge in [-0.2, -0.15) is 0 Å². The van der Waals surface area contributed by atoms with Crippen LogP contribution in [0.4, 0.5) is 4.79 Å².